The van der Waals surface area contributed by atoms with Crippen molar-refractivity contribution in [2.45, 2.75) is 38.3 Å². The van der Waals surface area contributed by atoms with Crippen LogP contribution in [0.15, 0.2) is 43.0 Å². The number of rotatable bonds is 5. The molecule has 2 aromatic rings. The van der Waals surface area contributed by atoms with Crippen molar-refractivity contribution in [2.75, 3.05) is 0 Å². The molecule has 1 saturated carbocycles. The van der Waals surface area contributed by atoms with Crippen molar-refractivity contribution < 1.29 is 9.59 Å². The first-order valence-electron chi connectivity index (χ1n) is 8.15. The molecule has 2 amide bonds. The van der Waals surface area contributed by atoms with Crippen LogP contribution in [0.2, 0.25) is 0 Å². The molecule has 3 rings (SSSR count). The van der Waals surface area contributed by atoms with E-state index in [2.05, 4.69) is 20.6 Å². The van der Waals surface area contributed by atoms with Crippen LogP contribution < -0.4 is 10.6 Å². The lowest BCUT2D eigenvalue weighted by molar-refractivity contribution is 0.0937. The Morgan fingerprint density at radius 2 is 1.67 bits per heavy atom. The average molecular weight is 324 g/mol. The van der Waals surface area contributed by atoms with Gasteiger partial charge in [-0.05, 0) is 36.6 Å². The van der Waals surface area contributed by atoms with E-state index in [9.17, 15) is 9.59 Å². The summed E-state index contributed by atoms with van der Waals surface area (Å²) in [5.74, 6) is -0.423. The minimum atomic E-state index is -0.255. The van der Waals surface area contributed by atoms with Crippen molar-refractivity contribution in [2.24, 2.45) is 0 Å². The second-order valence-electron chi connectivity index (χ2n) is 5.96. The summed E-state index contributed by atoms with van der Waals surface area (Å²) in [5.41, 5.74) is 1.75. The van der Waals surface area contributed by atoms with Crippen molar-refractivity contribution in [1.29, 1.82) is 0 Å². The predicted octanol–water partition coefficient (Wildman–Crippen LogP) is 2.08. The molecule has 1 fully saturated rings. The van der Waals surface area contributed by atoms with Gasteiger partial charge in [0, 0.05) is 37.4 Å². The van der Waals surface area contributed by atoms with Crippen molar-refractivity contribution >= 4 is 11.8 Å². The van der Waals surface area contributed by atoms with Gasteiger partial charge in [-0.15, -0.1) is 0 Å². The molecule has 6 nitrogen and oxygen atoms in total. The first-order valence-corrected chi connectivity index (χ1v) is 8.15. The monoisotopic (exact) mass is 324 g/mol. The molecule has 2 heterocycles. The molecule has 0 aromatic carbocycles. The van der Waals surface area contributed by atoms with E-state index >= 15 is 0 Å². The number of nitrogens with one attached hydrogen (secondary N) is 2. The van der Waals surface area contributed by atoms with Gasteiger partial charge in [0.05, 0.1) is 11.1 Å². The first kappa shape index (κ1) is 16.1. The molecule has 2 aromatic heterocycles. The third-order valence-corrected chi connectivity index (χ3v) is 4.16. The highest BCUT2D eigenvalue weighted by atomic mass is 16.2. The van der Waals surface area contributed by atoms with Gasteiger partial charge >= 0.3 is 0 Å². The zero-order valence-corrected chi connectivity index (χ0v) is 13.4. The Hall–Kier alpha value is -2.76. The zero-order chi connectivity index (χ0) is 16.8. The van der Waals surface area contributed by atoms with Gasteiger partial charge in [0.25, 0.3) is 11.8 Å². The molecule has 0 saturated heterocycles. The van der Waals surface area contributed by atoms with Crippen LogP contribution >= 0.6 is 0 Å². The highest BCUT2D eigenvalue weighted by Crippen LogP contribution is 2.18. The largest absolute Gasteiger partial charge is 0.349 e. The molecule has 1 aliphatic rings. The lowest BCUT2D eigenvalue weighted by Crippen LogP contribution is -2.33. The molecule has 0 bridgehead atoms. The molecule has 0 spiro atoms. The average Bonchev–Trinajstić information content (AvgIpc) is 3.13. The number of hydrogen-bond donors (Lipinski definition) is 2. The van der Waals surface area contributed by atoms with Gasteiger partial charge in [-0.2, -0.15) is 0 Å². The van der Waals surface area contributed by atoms with Crippen LogP contribution in [0, 0.1) is 0 Å². The number of carbonyl (C=O) groups is 2. The normalized spacial score (nSPS) is 14.3. The first-order chi connectivity index (χ1) is 11.7. The van der Waals surface area contributed by atoms with E-state index in [1.54, 1.807) is 18.5 Å². The van der Waals surface area contributed by atoms with Crippen LogP contribution in [-0.2, 0) is 6.54 Å². The van der Waals surface area contributed by atoms with Gasteiger partial charge in [0.2, 0.25) is 0 Å². The van der Waals surface area contributed by atoms with Gasteiger partial charge in [0.15, 0.2) is 0 Å². The Labute approximate surface area is 140 Å². The van der Waals surface area contributed by atoms with Crippen LogP contribution in [0.3, 0.4) is 0 Å². The minimum Gasteiger partial charge on any atom is -0.349 e. The van der Waals surface area contributed by atoms with Crippen molar-refractivity contribution in [3.8, 4) is 0 Å². The van der Waals surface area contributed by atoms with Crippen molar-refractivity contribution in [3.05, 3.63) is 59.7 Å². The summed E-state index contributed by atoms with van der Waals surface area (Å²) in [6, 6.07) is 5.49. The third kappa shape index (κ3) is 4.16. The molecule has 6 heteroatoms. The standard InChI is InChI=1S/C18H20N4O2/c23-17(21-10-13-5-7-19-8-6-13)14-9-15(12-20-11-14)18(24)22-16-3-1-2-4-16/h5-9,11-12,16H,1-4,10H2,(H,21,23)(H,22,24). The summed E-state index contributed by atoms with van der Waals surface area (Å²) in [7, 11) is 0. The van der Waals surface area contributed by atoms with E-state index < -0.39 is 0 Å². The van der Waals surface area contributed by atoms with Crippen LogP contribution in [0.25, 0.3) is 0 Å². The lowest BCUT2D eigenvalue weighted by Gasteiger charge is -2.12. The number of carbonyl (C=O) groups excluding carboxylic acids is 2. The Kier molecular flexibility index (Phi) is 5.15. The minimum absolute atomic E-state index is 0.168. The summed E-state index contributed by atoms with van der Waals surface area (Å²) in [4.78, 5) is 32.5. The Morgan fingerprint density at radius 1 is 1.00 bits per heavy atom. The number of pyridine rings is 2. The van der Waals surface area contributed by atoms with Crippen LogP contribution in [0.4, 0.5) is 0 Å². The Balaban J connectivity index is 1.61. The molecule has 2 N–H and O–H groups in total. The fourth-order valence-corrected chi connectivity index (χ4v) is 2.81. The summed E-state index contributed by atoms with van der Waals surface area (Å²) in [6.45, 7) is 0.403. The summed E-state index contributed by atoms with van der Waals surface area (Å²) >= 11 is 0. The van der Waals surface area contributed by atoms with Crippen LogP contribution in [-0.4, -0.2) is 27.8 Å². The molecule has 0 unspecified atom stereocenters. The maximum Gasteiger partial charge on any atom is 0.253 e. The van der Waals surface area contributed by atoms with Gasteiger partial charge in [0.1, 0.15) is 0 Å². The quantitative estimate of drug-likeness (QED) is 0.882. The number of aromatic nitrogens is 2. The van der Waals surface area contributed by atoms with Gasteiger partial charge in [-0.1, -0.05) is 12.8 Å². The molecular weight excluding hydrogens is 304 g/mol. The number of amides is 2. The fourth-order valence-electron chi connectivity index (χ4n) is 2.81. The summed E-state index contributed by atoms with van der Waals surface area (Å²) < 4.78 is 0. The highest BCUT2D eigenvalue weighted by molar-refractivity contribution is 5.99. The van der Waals surface area contributed by atoms with E-state index in [1.165, 1.54) is 12.4 Å². The number of hydrogen-bond acceptors (Lipinski definition) is 4. The highest BCUT2D eigenvalue weighted by Gasteiger charge is 2.18. The van der Waals surface area contributed by atoms with E-state index in [0.29, 0.717) is 17.7 Å². The van der Waals surface area contributed by atoms with E-state index in [-0.39, 0.29) is 17.9 Å². The molecule has 124 valence electrons. The lowest BCUT2D eigenvalue weighted by atomic mass is 10.1. The third-order valence-electron chi connectivity index (χ3n) is 4.16. The SMILES string of the molecule is O=C(NCc1ccncc1)c1cncc(C(=O)NC2CCCC2)c1. The molecule has 0 atom stereocenters. The molecule has 24 heavy (non-hydrogen) atoms. The van der Waals surface area contributed by atoms with Gasteiger partial charge < -0.3 is 10.6 Å². The zero-order valence-electron chi connectivity index (χ0n) is 13.4. The second kappa shape index (κ2) is 7.68. The Bertz CT molecular complexity index is 712. The van der Waals surface area contributed by atoms with E-state index in [4.69, 9.17) is 0 Å². The second-order valence-corrected chi connectivity index (χ2v) is 5.96. The van der Waals surface area contributed by atoms with Crippen molar-refractivity contribution in [1.82, 2.24) is 20.6 Å². The van der Waals surface area contributed by atoms with Crippen LogP contribution in [0.5, 0.6) is 0 Å². The van der Waals surface area contributed by atoms with Crippen LogP contribution in [0.1, 0.15) is 52.0 Å². The summed E-state index contributed by atoms with van der Waals surface area (Å²) in [5, 5.41) is 5.82. The topological polar surface area (TPSA) is 84.0 Å². The maximum absolute atomic E-state index is 12.3. The Morgan fingerprint density at radius 3 is 2.38 bits per heavy atom. The smallest absolute Gasteiger partial charge is 0.253 e. The molecule has 0 aliphatic heterocycles. The van der Waals surface area contributed by atoms with Crippen molar-refractivity contribution in [3.63, 3.8) is 0 Å². The molecule has 1 aliphatic carbocycles. The molecular formula is C18H20N4O2. The van der Waals surface area contributed by atoms with Gasteiger partial charge in [-0.25, -0.2) is 0 Å². The van der Waals surface area contributed by atoms with Gasteiger partial charge in [-0.3, -0.25) is 19.6 Å². The maximum atomic E-state index is 12.3. The summed E-state index contributed by atoms with van der Waals surface area (Å²) in [6.07, 6.45) is 10.7. The number of nitrogens with zero attached hydrogens (tertiary/aromatic N) is 2. The fraction of sp³-hybridized carbons (Fsp3) is 0.333. The van der Waals surface area contributed by atoms with E-state index in [0.717, 1.165) is 31.2 Å². The van der Waals surface area contributed by atoms with E-state index in [1.807, 2.05) is 12.1 Å². The molecule has 0 radical (unpaired) electrons. The predicted molar refractivity (Wildman–Crippen MR) is 89.4 cm³/mol.